The molecule has 0 fully saturated rings. The number of benzene rings is 14. The molecular weight excluding hydrogens is 1580 g/mol. The Labute approximate surface area is 771 Å². The van der Waals surface area contributed by atoms with Gasteiger partial charge in [0, 0.05) is 24.2 Å². The number of aryl methyl sites for hydroxylation is 6. The molecule has 7 aliphatic rings. The Morgan fingerprint density at radius 1 is 0.248 bits per heavy atom. The first-order chi connectivity index (χ1) is 62.6. The van der Waals surface area contributed by atoms with E-state index in [-0.39, 0.29) is 18.3 Å². The van der Waals surface area contributed by atoms with Gasteiger partial charge in [-0.3, -0.25) is 0 Å². The SMILES string of the molecule is CC(C)C(C)OC1Cc2cccc3cccc1c23.CC(C)C(C)OCC1c2ccccc2-c2ccccc21.CC(C)C(C)OCc1ccc2c3c(cccc13)CC2.CC(C)OCC1c2ccccc2-c2ccccc21.CC(C)OCc1ccc2c3c(cccc13)CC2.CCC(C)OCC1c2ccccc2-c2ccccc21.CCC(C)OCc1ccc2c3c(cccc13)CC2. The third-order valence-electron chi connectivity index (χ3n) is 28.2. The molecule has 129 heavy (non-hydrogen) atoms. The summed E-state index contributed by atoms with van der Waals surface area (Å²) in [6, 6.07) is 98.9. The maximum Gasteiger partial charge on any atom is 0.0875 e. The largest absolute Gasteiger partial charge is 0.378 e. The second-order valence-corrected chi connectivity index (χ2v) is 38.4. The average molecular weight is 1720 g/mol. The smallest absolute Gasteiger partial charge is 0.0875 e. The van der Waals surface area contributed by atoms with Crippen LogP contribution in [0.1, 0.15) is 249 Å². The summed E-state index contributed by atoms with van der Waals surface area (Å²) in [6.45, 7) is 41.2. The first-order valence-corrected chi connectivity index (χ1v) is 48.6. The van der Waals surface area contributed by atoms with Gasteiger partial charge in [-0.25, -0.2) is 0 Å². The number of hydrogen-bond donors (Lipinski definition) is 0. The fraction of sp³-hybridized carbons (Fsp3) is 0.377. The van der Waals surface area contributed by atoms with Crippen LogP contribution >= 0.6 is 0 Å². The lowest BCUT2D eigenvalue weighted by Crippen LogP contribution is -2.19. The molecule has 0 bridgehead atoms. The van der Waals surface area contributed by atoms with Crippen LogP contribution in [0.15, 0.2) is 273 Å². The highest BCUT2D eigenvalue weighted by Crippen LogP contribution is 2.49. The molecule has 0 N–H and O–H groups in total. The van der Waals surface area contributed by atoms with Crippen molar-refractivity contribution in [3.05, 3.63) is 368 Å². The van der Waals surface area contributed by atoms with Crippen molar-refractivity contribution < 1.29 is 33.2 Å². The van der Waals surface area contributed by atoms with Gasteiger partial charge in [0.1, 0.15) is 0 Å². The van der Waals surface area contributed by atoms with Crippen molar-refractivity contribution in [1.29, 1.82) is 0 Å². The second-order valence-electron chi connectivity index (χ2n) is 38.4. The molecule has 0 spiro atoms. The van der Waals surface area contributed by atoms with Crippen LogP contribution in [0.5, 0.6) is 0 Å². The van der Waals surface area contributed by atoms with Gasteiger partial charge in [-0.15, -0.1) is 0 Å². The molecule has 0 aliphatic heterocycles. The van der Waals surface area contributed by atoms with E-state index in [0.717, 1.165) is 58.9 Å². The third kappa shape index (κ3) is 21.7. The van der Waals surface area contributed by atoms with E-state index in [1.165, 1.54) is 210 Å². The van der Waals surface area contributed by atoms with Crippen LogP contribution in [0, 0.1) is 17.8 Å². The van der Waals surface area contributed by atoms with Crippen LogP contribution in [0.2, 0.25) is 0 Å². The zero-order valence-corrected chi connectivity index (χ0v) is 80.0. The summed E-state index contributed by atoms with van der Waals surface area (Å²) in [5.74, 6) is 2.84. The molecule has 6 unspecified atom stereocenters. The maximum atomic E-state index is 6.25. The van der Waals surface area contributed by atoms with E-state index in [9.17, 15) is 0 Å². The van der Waals surface area contributed by atoms with Gasteiger partial charge >= 0.3 is 0 Å². The summed E-state index contributed by atoms with van der Waals surface area (Å²) in [5.41, 5.74) is 32.5. The highest BCUT2D eigenvalue weighted by molar-refractivity contribution is 5.96. The molecule has 7 aliphatic carbocycles. The minimum Gasteiger partial charge on any atom is -0.378 e. The molecule has 0 saturated heterocycles. The van der Waals surface area contributed by atoms with Crippen LogP contribution in [0.25, 0.3) is 76.5 Å². The molecule has 6 atom stereocenters. The summed E-state index contributed by atoms with van der Waals surface area (Å²) in [4.78, 5) is 0. The molecule has 21 rings (SSSR count). The predicted molar refractivity (Wildman–Crippen MR) is 542 cm³/mol. The molecular formula is C122H140O7. The number of ether oxygens (including phenoxy) is 7. The molecule has 0 heterocycles. The quantitative estimate of drug-likeness (QED) is 0.0565. The Morgan fingerprint density at radius 3 is 0.907 bits per heavy atom. The van der Waals surface area contributed by atoms with Crippen molar-refractivity contribution in [1.82, 2.24) is 0 Å². The molecule has 0 saturated carbocycles. The number of rotatable bonds is 25. The summed E-state index contributed by atoms with van der Waals surface area (Å²) in [7, 11) is 0. The fourth-order valence-corrected chi connectivity index (χ4v) is 19.5. The van der Waals surface area contributed by atoms with Gasteiger partial charge in [0.25, 0.3) is 0 Å². The van der Waals surface area contributed by atoms with Crippen molar-refractivity contribution in [2.45, 2.75) is 262 Å². The first kappa shape index (κ1) is 93.5. The molecule has 0 amide bonds. The summed E-state index contributed by atoms with van der Waals surface area (Å²) in [5, 5.41) is 11.4. The van der Waals surface area contributed by atoms with Gasteiger partial charge in [-0.1, -0.05) is 328 Å². The van der Waals surface area contributed by atoms with Crippen molar-refractivity contribution in [3.63, 3.8) is 0 Å². The van der Waals surface area contributed by atoms with Gasteiger partial charge in [0.2, 0.25) is 0 Å². The number of hydrogen-bond acceptors (Lipinski definition) is 7. The highest BCUT2D eigenvalue weighted by atomic mass is 16.5. The van der Waals surface area contributed by atoms with Crippen molar-refractivity contribution >= 4 is 43.1 Å². The average Bonchev–Trinajstić information content (AvgIpc) is 1.64. The lowest BCUT2D eigenvalue weighted by molar-refractivity contribution is -0.0234. The summed E-state index contributed by atoms with van der Waals surface area (Å²) >= 11 is 0. The van der Waals surface area contributed by atoms with Crippen LogP contribution in [-0.4, -0.2) is 62.5 Å². The Kier molecular flexibility index (Phi) is 31.7. The zero-order valence-electron chi connectivity index (χ0n) is 80.0. The predicted octanol–water partition coefficient (Wildman–Crippen LogP) is 30.8. The Hall–Kier alpha value is -10.2. The van der Waals surface area contributed by atoms with E-state index in [1.807, 2.05) is 0 Å². The normalized spacial score (nSPS) is 15.4. The van der Waals surface area contributed by atoms with Gasteiger partial charge in [0.05, 0.1) is 88.5 Å². The van der Waals surface area contributed by atoms with E-state index in [0.29, 0.717) is 66.0 Å². The lowest BCUT2D eigenvalue weighted by Gasteiger charge is -2.22. The van der Waals surface area contributed by atoms with E-state index in [4.69, 9.17) is 33.2 Å². The zero-order chi connectivity index (χ0) is 90.4. The summed E-state index contributed by atoms with van der Waals surface area (Å²) < 4.78 is 41.8. The Balaban J connectivity index is 0.000000116. The van der Waals surface area contributed by atoms with Gasteiger partial charge in [-0.05, 0) is 302 Å². The van der Waals surface area contributed by atoms with Crippen LogP contribution in [0.3, 0.4) is 0 Å². The minimum absolute atomic E-state index is 0.239. The molecule has 7 heteroatoms. The second kappa shape index (κ2) is 43.7. The van der Waals surface area contributed by atoms with Crippen molar-refractivity contribution in [2.24, 2.45) is 17.8 Å². The molecule has 14 aromatic rings. The lowest BCUT2D eigenvalue weighted by atomic mass is 9.98. The van der Waals surface area contributed by atoms with Gasteiger partial charge in [0.15, 0.2) is 0 Å². The standard InChI is InChI=1S/C19H22O.C18H22O.C18H20O.C17H20O.C17H18O.C17H20O.C16H18O/c1-13(2)14(3)20-12-19-17-10-6-4-8-15(17)16-9-5-7-11-18(16)19;1-12(2)13(3)19-11-16-10-9-15-8-7-14-5-4-6-17(16)18(14)15;1-3-13(2)19-12-18-16-10-6-4-8-14(16)15-9-5-7-11-17(15)18;1-11(2)12(3)18-16-10-14-8-4-6-13-7-5-9-15(16)17(13)14;1-12(2)18-11-17-15-9-5-3-7-13(15)14-8-4-6-10-16(14)17;1-3-12(2)18-11-15-10-9-14-8-7-13-5-4-6-16(15)17(13)14;1-11(2)17-10-14-9-8-13-7-6-12-4-3-5-15(14)16(12)13/h4-11,13-14,19H,12H2,1-3H3;4-6,9-10,12-13H,7-8,11H2,1-3H3;4-11,13,18H,3,12H2,1-2H3;4-9,11-12,16H,10H2,1-3H3;3-10,12,17H,11H2,1-2H3;4-6,9-10,12H,3,7-8,11H2,1-2H3;3-5,8-9,11H,6-7,10H2,1-2H3. The molecule has 7 nitrogen and oxygen atoms in total. The van der Waals surface area contributed by atoms with Crippen LogP contribution in [0.4, 0.5) is 0 Å². The summed E-state index contributed by atoms with van der Waals surface area (Å²) in [6.07, 6.45) is 12.7. The van der Waals surface area contributed by atoms with E-state index >= 15 is 0 Å². The van der Waals surface area contributed by atoms with Crippen molar-refractivity contribution in [2.75, 3.05) is 19.8 Å². The third-order valence-corrected chi connectivity index (χ3v) is 28.2. The van der Waals surface area contributed by atoms with E-state index < -0.39 is 0 Å². The maximum absolute atomic E-state index is 6.25. The molecule has 14 aromatic carbocycles. The molecule has 0 radical (unpaired) electrons. The fourth-order valence-electron chi connectivity index (χ4n) is 19.5. The number of fused-ring (bicyclic) bond motifs is 9. The van der Waals surface area contributed by atoms with Gasteiger partial charge < -0.3 is 33.2 Å². The topological polar surface area (TPSA) is 64.6 Å². The van der Waals surface area contributed by atoms with E-state index in [1.54, 1.807) is 0 Å². The monoisotopic (exact) mass is 1720 g/mol. The Bertz CT molecular complexity index is 5930. The minimum atomic E-state index is 0.239. The van der Waals surface area contributed by atoms with Crippen molar-refractivity contribution in [3.8, 4) is 33.4 Å². The van der Waals surface area contributed by atoms with Gasteiger partial charge in [-0.2, -0.15) is 0 Å². The highest BCUT2D eigenvalue weighted by Gasteiger charge is 2.33. The van der Waals surface area contributed by atoms with E-state index in [2.05, 4.69) is 391 Å². The van der Waals surface area contributed by atoms with Crippen LogP contribution in [-0.2, 0) is 97.9 Å². The van der Waals surface area contributed by atoms with Crippen LogP contribution < -0.4 is 0 Å². The Morgan fingerprint density at radius 2 is 0.543 bits per heavy atom. The molecule has 0 aromatic heterocycles. The molecule has 670 valence electrons. The first-order valence-electron chi connectivity index (χ1n) is 48.6.